The molecule has 1 atom stereocenters. The van der Waals surface area contributed by atoms with Crippen molar-refractivity contribution >= 4 is 35.2 Å². The van der Waals surface area contributed by atoms with Gasteiger partial charge < -0.3 is 5.32 Å². The zero-order valence-corrected chi connectivity index (χ0v) is 18.9. The highest BCUT2D eigenvalue weighted by Gasteiger charge is 2.39. The van der Waals surface area contributed by atoms with Gasteiger partial charge in [-0.3, -0.25) is 4.79 Å². The standard InChI is InChI=1S/C25H19Cl2F4NO/c1-15-10-16(6-8-21(15)24(33)32-14-17-4-2-3-5-23(17)28)7-9-22(25(29,30)31)18-11-19(26)13-20(27)12-18/h2-13,22H,14H2,1H3,(H,32,33)/b9-7+. The van der Waals surface area contributed by atoms with E-state index in [0.29, 0.717) is 22.3 Å². The molecule has 0 aliphatic heterocycles. The van der Waals surface area contributed by atoms with Crippen LogP contribution in [0.1, 0.15) is 38.5 Å². The van der Waals surface area contributed by atoms with Crippen molar-refractivity contribution in [1.29, 1.82) is 0 Å². The molecule has 0 aliphatic carbocycles. The molecule has 1 unspecified atom stereocenters. The molecule has 3 rings (SSSR count). The predicted octanol–water partition coefficient (Wildman–Crippen LogP) is 7.73. The second-order valence-electron chi connectivity index (χ2n) is 7.43. The van der Waals surface area contributed by atoms with Crippen molar-refractivity contribution < 1.29 is 22.4 Å². The Kier molecular flexibility index (Phi) is 7.82. The lowest BCUT2D eigenvalue weighted by molar-refractivity contribution is -0.139. The number of nitrogens with one attached hydrogen (secondary N) is 1. The maximum Gasteiger partial charge on any atom is 0.399 e. The van der Waals surface area contributed by atoms with E-state index in [-0.39, 0.29) is 22.2 Å². The van der Waals surface area contributed by atoms with Crippen molar-refractivity contribution in [3.63, 3.8) is 0 Å². The van der Waals surface area contributed by atoms with Gasteiger partial charge in [0, 0.05) is 27.7 Å². The molecule has 1 amide bonds. The van der Waals surface area contributed by atoms with E-state index >= 15 is 0 Å². The van der Waals surface area contributed by atoms with Crippen molar-refractivity contribution in [1.82, 2.24) is 5.32 Å². The topological polar surface area (TPSA) is 29.1 Å². The Labute approximate surface area is 198 Å². The van der Waals surface area contributed by atoms with Gasteiger partial charge in [0.05, 0.1) is 5.92 Å². The third-order valence-corrected chi connectivity index (χ3v) is 5.41. The van der Waals surface area contributed by atoms with Gasteiger partial charge in [-0.15, -0.1) is 0 Å². The SMILES string of the molecule is Cc1cc(/C=C/C(c2cc(Cl)cc(Cl)c2)C(F)(F)F)ccc1C(=O)NCc1ccccc1F. The number of carbonyl (C=O) groups excluding carboxylic acids is 1. The van der Waals surface area contributed by atoms with Crippen LogP contribution < -0.4 is 5.32 Å². The van der Waals surface area contributed by atoms with Crippen LogP contribution in [-0.2, 0) is 6.54 Å². The van der Waals surface area contributed by atoms with Gasteiger partial charge in [0.1, 0.15) is 5.82 Å². The summed E-state index contributed by atoms with van der Waals surface area (Å²) in [5.41, 5.74) is 1.68. The fraction of sp³-hybridized carbons (Fsp3) is 0.160. The van der Waals surface area contributed by atoms with Gasteiger partial charge in [0.2, 0.25) is 0 Å². The largest absolute Gasteiger partial charge is 0.399 e. The van der Waals surface area contributed by atoms with Crippen LogP contribution in [0.25, 0.3) is 6.08 Å². The van der Waals surface area contributed by atoms with Crippen LogP contribution >= 0.6 is 23.2 Å². The summed E-state index contributed by atoms with van der Waals surface area (Å²) in [5, 5.41) is 2.87. The summed E-state index contributed by atoms with van der Waals surface area (Å²) >= 11 is 11.7. The molecule has 2 nitrogen and oxygen atoms in total. The van der Waals surface area contributed by atoms with E-state index in [1.165, 1.54) is 36.4 Å². The number of hydrogen-bond donors (Lipinski definition) is 1. The molecular weight excluding hydrogens is 477 g/mol. The highest BCUT2D eigenvalue weighted by Crippen LogP contribution is 2.38. The van der Waals surface area contributed by atoms with Gasteiger partial charge in [-0.25, -0.2) is 4.39 Å². The Morgan fingerprint density at radius 3 is 2.30 bits per heavy atom. The number of alkyl halides is 3. The average Bonchev–Trinajstić information content (AvgIpc) is 2.71. The second kappa shape index (κ2) is 10.4. The molecule has 0 aromatic heterocycles. The van der Waals surface area contributed by atoms with E-state index in [1.54, 1.807) is 37.3 Å². The molecule has 3 aromatic carbocycles. The summed E-state index contributed by atoms with van der Waals surface area (Å²) < 4.78 is 54.7. The van der Waals surface area contributed by atoms with Gasteiger partial charge in [-0.1, -0.05) is 65.7 Å². The Hall–Kier alpha value is -2.83. The van der Waals surface area contributed by atoms with E-state index in [1.807, 2.05) is 0 Å². The molecule has 8 heteroatoms. The van der Waals surface area contributed by atoms with Crippen molar-refractivity contribution in [3.05, 3.63) is 110 Å². The molecule has 0 bridgehead atoms. The summed E-state index contributed by atoms with van der Waals surface area (Å²) in [7, 11) is 0. The molecule has 33 heavy (non-hydrogen) atoms. The fourth-order valence-electron chi connectivity index (χ4n) is 3.33. The first-order chi connectivity index (χ1) is 15.5. The number of hydrogen-bond acceptors (Lipinski definition) is 1. The third kappa shape index (κ3) is 6.59. The van der Waals surface area contributed by atoms with E-state index in [4.69, 9.17) is 23.2 Å². The number of benzene rings is 3. The van der Waals surface area contributed by atoms with Gasteiger partial charge in [-0.2, -0.15) is 13.2 Å². The van der Waals surface area contributed by atoms with Gasteiger partial charge >= 0.3 is 6.18 Å². The van der Waals surface area contributed by atoms with Crippen LogP contribution in [0.2, 0.25) is 10.0 Å². The first kappa shape index (κ1) is 24.8. The van der Waals surface area contributed by atoms with Gasteiger partial charge in [0.15, 0.2) is 0 Å². The first-order valence-electron chi connectivity index (χ1n) is 9.88. The van der Waals surface area contributed by atoms with E-state index in [9.17, 15) is 22.4 Å². The van der Waals surface area contributed by atoms with Crippen LogP contribution in [0.15, 0.2) is 66.7 Å². The molecule has 0 aliphatic rings. The molecule has 0 spiro atoms. The fourth-order valence-corrected chi connectivity index (χ4v) is 3.87. The van der Waals surface area contributed by atoms with Gasteiger partial charge in [-0.05, 0) is 53.9 Å². The maximum atomic E-state index is 13.7. The predicted molar refractivity (Wildman–Crippen MR) is 123 cm³/mol. The highest BCUT2D eigenvalue weighted by atomic mass is 35.5. The molecule has 0 heterocycles. The summed E-state index contributed by atoms with van der Waals surface area (Å²) in [4.78, 5) is 12.5. The van der Waals surface area contributed by atoms with Crippen LogP contribution in [0, 0.1) is 12.7 Å². The molecule has 1 N–H and O–H groups in total. The van der Waals surface area contributed by atoms with Crippen LogP contribution in [0.5, 0.6) is 0 Å². The lowest BCUT2D eigenvalue weighted by Gasteiger charge is -2.18. The second-order valence-corrected chi connectivity index (χ2v) is 8.30. The Bertz CT molecular complexity index is 1170. The maximum absolute atomic E-state index is 13.7. The highest BCUT2D eigenvalue weighted by molar-refractivity contribution is 6.34. The molecule has 0 saturated carbocycles. The Morgan fingerprint density at radius 2 is 1.70 bits per heavy atom. The van der Waals surface area contributed by atoms with E-state index in [2.05, 4.69) is 5.32 Å². The number of halogens is 6. The summed E-state index contributed by atoms with van der Waals surface area (Å²) in [6.45, 7) is 1.69. The number of allylic oxidation sites excluding steroid dienone is 1. The smallest absolute Gasteiger partial charge is 0.348 e. The molecule has 3 aromatic rings. The zero-order chi connectivity index (χ0) is 24.2. The number of carbonyl (C=O) groups is 1. The number of rotatable bonds is 6. The molecule has 0 fully saturated rings. The van der Waals surface area contributed by atoms with E-state index in [0.717, 1.165) is 6.08 Å². The lowest BCUT2D eigenvalue weighted by Crippen LogP contribution is -2.24. The van der Waals surface area contributed by atoms with Crippen molar-refractivity contribution in [2.75, 3.05) is 0 Å². The van der Waals surface area contributed by atoms with Crippen LogP contribution in [0.3, 0.4) is 0 Å². The quantitative estimate of drug-likeness (QED) is 0.348. The summed E-state index contributed by atoms with van der Waals surface area (Å²) in [6, 6.07) is 14.6. The Morgan fingerprint density at radius 1 is 1.03 bits per heavy atom. The molecule has 0 radical (unpaired) electrons. The normalized spacial score (nSPS) is 12.7. The molecule has 0 saturated heterocycles. The summed E-state index contributed by atoms with van der Waals surface area (Å²) in [5.74, 6) is -2.74. The average molecular weight is 496 g/mol. The van der Waals surface area contributed by atoms with Crippen molar-refractivity contribution in [2.24, 2.45) is 0 Å². The third-order valence-electron chi connectivity index (χ3n) is 4.97. The van der Waals surface area contributed by atoms with Crippen molar-refractivity contribution in [2.45, 2.75) is 25.6 Å². The van der Waals surface area contributed by atoms with Crippen molar-refractivity contribution in [3.8, 4) is 0 Å². The number of amides is 1. The minimum absolute atomic E-state index is 0.0159. The van der Waals surface area contributed by atoms with Crippen LogP contribution in [0.4, 0.5) is 17.6 Å². The van der Waals surface area contributed by atoms with Gasteiger partial charge in [0.25, 0.3) is 5.91 Å². The van der Waals surface area contributed by atoms with Crippen LogP contribution in [-0.4, -0.2) is 12.1 Å². The monoisotopic (exact) mass is 495 g/mol. The molecule has 172 valence electrons. The van der Waals surface area contributed by atoms with E-state index < -0.39 is 23.8 Å². The zero-order valence-electron chi connectivity index (χ0n) is 17.4. The minimum Gasteiger partial charge on any atom is -0.348 e. The number of aryl methyl sites for hydroxylation is 1. The minimum atomic E-state index is -4.55. The lowest BCUT2D eigenvalue weighted by atomic mass is 9.96. The summed E-state index contributed by atoms with van der Waals surface area (Å²) in [6.07, 6.45) is -2.19. The Balaban J connectivity index is 1.77. The molecular formula is C25H19Cl2F4NO. The first-order valence-corrected chi connectivity index (χ1v) is 10.6.